The van der Waals surface area contributed by atoms with Gasteiger partial charge in [0.15, 0.2) is 0 Å². The van der Waals surface area contributed by atoms with Crippen molar-refractivity contribution in [3.05, 3.63) is 0 Å². The van der Waals surface area contributed by atoms with E-state index in [1.807, 2.05) is 13.8 Å². The van der Waals surface area contributed by atoms with Gasteiger partial charge in [-0.25, -0.2) is 3.63 Å². The van der Waals surface area contributed by atoms with E-state index in [0.29, 0.717) is 30.8 Å². The van der Waals surface area contributed by atoms with Crippen molar-refractivity contribution in [2.45, 2.75) is 78.6 Å². The smallest absolute Gasteiger partial charge is 0.277 e. The summed E-state index contributed by atoms with van der Waals surface area (Å²) >= 11 is 0. The van der Waals surface area contributed by atoms with Gasteiger partial charge in [0.1, 0.15) is 11.6 Å². The molecule has 2 bridgehead atoms. The predicted octanol–water partition coefficient (Wildman–Crippen LogP) is 4.39. The first kappa shape index (κ1) is 22.3. The van der Waals surface area contributed by atoms with E-state index in [4.69, 9.17) is 3.63 Å². The molecule has 7 heteroatoms. The van der Waals surface area contributed by atoms with Crippen LogP contribution in [0.1, 0.15) is 78.6 Å². The summed E-state index contributed by atoms with van der Waals surface area (Å²) in [6.07, 6.45) is 7.36. The van der Waals surface area contributed by atoms with E-state index < -0.39 is 25.8 Å². The zero-order valence-corrected chi connectivity index (χ0v) is 19.3. The van der Waals surface area contributed by atoms with Gasteiger partial charge in [-0.1, -0.05) is 33.6 Å². The number of unbranched alkanes of at least 4 members (excludes halogenated alkanes) is 2. The summed E-state index contributed by atoms with van der Waals surface area (Å²) in [5.74, 6) is 1.95. The number of carbonyl (C=O) groups excluding carboxylic acids is 2. The van der Waals surface area contributed by atoms with Crippen molar-refractivity contribution in [2.75, 3.05) is 23.0 Å². The van der Waals surface area contributed by atoms with Gasteiger partial charge in [-0.15, -0.1) is 10.3 Å². The fraction of sp³-hybridized carbons (Fsp3) is 0.905. The lowest BCUT2D eigenvalue weighted by Crippen LogP contribution is -2.43. The van der Waals surface area contributed by atoms with Crippen LogP contribution in [0, 0.1) is 16.7 Å². The summed E-state index contributed by atoms with van der Waals surface area (Å²) < 4.78 is 32.2. The summed E-state index contributed by atoms with van der Waals surface area (Å²) in [5, 5.41) is 0. The van der Waals surface area contributed by atoms with E-state index >= 15 is 0 Å². The number of Topliss-reactive ketones (excluding diaryl/α,β-unsaturated/α-hetero) is 2. The van der Waals surface area contributed by atoms with Gasteiger partial charge in [0.25, 0.3) is 10.1 Å². The summed E-state index contributed by atoms with van der Waals surface area (Å²) in [6, 6.07) is 0. The number of fused-ring (bicyclic) bond motifs is 2. The lowest BCUT2D eigenvalue weighted by molar-refractivity contribution is -0.128. The molecule has 3 rings (SSSR count). The largest absolute Gasteiger partial charge is 0.299 e. The Kier molecular flexibility index (Phi) is 6.39. The van der Waals surface area contributed by atoms with Crippen LogP contribution in [0.5, 0.6) is 0 Å². The van der Waals surface area contributed by atoms with Crippen molar-refractivity contribution in [1.29, 1.82) is 0 Å². The first-order valence-electron chi connectivity index (χ1n) is 10.8. The molecule has 2 aliphatic carbocycles. The summed E-state index contributed by atoms with van der Waals surface area (Å²) in [5.41, 5.74) is -1.10. The van der Waals surface area contributed by atoms with Crippen LogP contribution < -0.4 is 0 Å². The van der Waals surface area contributed by atoms with Crippen molar-refractivity contribution in [1.82, 2.24) is 0 Å². The van der Waals surface area contributed by atoms with Gasteiger partial charge in [-0.2, -0.15) is 8.42 Å². The number of rotatable bonds is 10. The standard InChI is InChI=1S/C21H36O5S2/c1-4-5-6-9-18(22)15-27(12-7-8-13-27)26-28(24,25)16-21-11-10-17(14-19(21)23)20(21,2)3/h17H,4-16H2,1-3H3. The number of carbonyl (C=O) groups is 2. The van der Waals surface area contributed by atoms with Gasteiger partial charge in [0.2, 0.25) is 0 Å². The lowest BCUT2D eigenvalue weighted by atomic mass is 9.70. The van der Waals surface area contributed by atoms with Crippen molar-refractivity contribution in [3.8, 4) is 0 Å². The fourth-order valence-corrected chi connectivity index (χ4v) is 12.3. The third kappa shape index (κ3) is 4.08. The molecule has 0 spiro atoms. The Morgan fingerprint density at radius 1 is 1.21 bits per heavy atom. The molecule has 1 heterocycles. The number of ketones is 2. The van der Waals surface area contributed by atoms with Crippen molar-refractivity contribution in [2.24, 2.45) is 16.7 Å². The summed E-state index contributed by atoms with van der Waals surface area (Å²) in [4.78, 5) is 25.2. The van der Waals surface area contributed by atoms with Crippen molar-refractivity contribution in [3.63, 3.8) is 0 Å². The van der Waals surface area contributed by atoms with Crippen LogP contribution in [0.4, 0.5) is 0 Å². The van der Waals surface area contributed by atoms with E-state index in [1.54, 1.807) is 0 Å². The van der Waals surface area contributed by atoms with Crippen LogP contribution in [0.15, 0.2) is 0 Å². The SMILES string of the molecule is CCCCCC(=O)CS1(OS(=O)(=O)CC23CCC(CC2=O)C3(C)C)CCCC1. The van der Waals surface area contributed by atoms with Crippen LogP contribution in [-0.2, 0) is 23.3 Å². The van der Waals surface area contributed by atoms with E-state index in [2.05, 4.69) is 6.92 Å². The molecule has 1 aliphatic heterocycles. The average Bonchev–Trinajstić information content (AvgIpc) is 3.17. The minimum Gasteiger partial charge on any atom is -0.299 e. The highest BCUT2D eigenvalue weighted by Gasteiger charge is 2.65. The second kappa shape index (κ2) is 8.03. The molecular formula is C21H36O5S2. The highest BCUT2D eigenvalue weighted by atomic mass is 32.3. The Hall–Kier alpha value is -0.400. The highest BCUT2D eigenvalue weighted by molar-refractivity contribution is 8.33. The topological polar surface area (TPSA) is 77.5 Å². The van der Waals surface area contributed by atoms with E-state index in [9.17, 15) is 18.0 Å². The third-order valence-electron chi connectivity index (χ3n) is 7.58. The number of hydrogen-bond donors (Lipinski definition) is 0. The molecular weight excluding hydrogens is 396 g/mol. The Morgan fingerprint density at radius 3 is 2.43 bits per heavy atom. The van der Waals surface area contributed by atoms with Gasteiger partial charge in [-0.05, 0) is 43.4 Å². The Labute approximate surface area is 172 Å². The third-order valence-corrected chi connectivity index (χ3v) is 13.3. The van der Waals surface area contributed by atoms with Gasteiger partial charge in [0.05, 0.1) is 16.9 Å². The second-order valence-electron chi connectivity index (χ2n) is 9.66. The minimum atomic E-state index is -3.86. The van der Waals surface area contributed by atoms with Gasteiger partial charge in [0, 0.05) is 24.3 Å². The predicted molar refractivity (Wildman–Crippen MR) is 114 cm³/mol. The summed E-state index contributed by atoms with van der Waals surface area (Å²) in [7, 11) is -5.78. The molecule has 0 aromatic rings. The molecule has 28 heavy (non-hydrogen) atoms. The van der Waals surface area contributed by atoms with Crippen molar-refractivity contribution < 1.29 is 21.6 Å². The molecule has 5 nitrogen and oxygen atoms in total. The Bertz CT molecular complexity index is 721. The molecule has 0 N–H and O–H groups in total. The first-order chi connectivity index (χ1) is 13.1. The van der Waals surface area contributed by atoms with Crippen LogP contribution in [-0.4, -0.2) is 43.0 Å². The molecule has 2 atom stereocenters. The molecule has 2 unspecified atom stereocenters. The average molecular weight is 433 g/mol. The van der Waals surface area contributed by atoms with E-state index in [0.717, 1.165) is 38.5 Å². The van der Waals surface area contributed by atoms with Gasteiger partial charge in [-0.3, -0.25) is 9.59 Å². The maximum Gasteiger partial charge on any atom is 0.277 e. The Balaban J connectivity index is 1.72. The zero-order valence-electron chi connectivity index (χ0n) is 17.6. The van der Waals surface area contributed by atoms with Crippen LogP contribution in [0.2, 0.25) is 0 Å². The molecule has 2 saturated carbocycles. The van der Waals surface area contributed by atoms with Crippen LogP contribution in [0.3, 0.4) is 0 Å². The second-order valence-corrected chi connectivity index (χ2v) is 14.6. The fourth-order valence-electron chi connectivity index (χ4n) is 5.66. The minimum absolute atomic E-state index is 0.0899. The van der Waals surface area contributed by atoms with Crippen molar-refractivity contribution >= 4 is 32.0 Å². The molecule has 1 saturated heterocycles. The number of hydrogen-bond acceptors (Lipinski definition) is 5. The van der Waals surface area contributed by atoms with E-state index in [1.165, 1.54) is 0 Å². The van der Waals surface area contributed by atoms with Crippen LogP contribution >= 0.6 is 10.3 Å². The quantitative estimate of drug-likeness (QED) is 0.478. The van der Waals surface area contributed by atoms with Gasteiger partial charge >= 0.3 is 0 Å². The lowest BCUT2D eigenvalue weighted by Gasteiger charge is -2.38. The van der Waals surface area contributed by atoms with Gasteiger partial charge < -0.3 is 0 Å². The van der Waals surface area contributed by atoms with Crippen LogP contribution in [0.25, 0.3) is 0 Å². The molecule has 3 aliphatic rings. The zero-order chi connectivity index (χ0) is 20.6. The molecule has 0 amide bonds. The molecule has 0 aromatic carbocycles. The maximum absolute atomic E-state index is 13.1. The molecule has 0 aromatic heterocycles. The molecule has 162 valence electrons. The first-order valence-corrected chi connectivity index (χ1v) is 14.5. The normalized spacial score (nSPS) is 32.0. The Morgan fingerprint density at radius 2 is 1.89 bits per heavy atom. The monoisotopic (exact) mass is 432 g/mol. The molecule has 3 fully saturated rings. The van der Waals surface area contributed by atoms with E-state index in [-0.39, 0.29) is 34.4 Å². The molecule has 0 radical (unpaired) electrons. The maximum atomic E-state index is 13.1. The summed E-state index contributed by atoms with van der Waals surface area (Å²) in [6.45, 7) is 6.18. The highest BCUT2D eigenvalue weighted by Crippen LogP contribution is 2.65.